The summed E-state index contributed by atoms with van der Waals surface area (Å²) in [6.07, 6.45) is 2.80. The Labute approximate surface area is 123 Å². The largest absolute Gasteiger partial charge is 0.444 e. The summed E-state index contributed by atoms with van der Waals surface area (Å²) in [6, 6.07) is 3.67. The van der Waals surface area contributed by atoms with Gasteiger partial charge in [0.1, 0.15) is 16.9 Å². The molecule has 0 aliphatic carbocycles. The van der Waals surface area contributed by atoms with Crippen LogP contribution in [0.2, 0.25) is 0 Å². The van der Waals surface area contributed by atoms with Crippen LogP contribution in [-0.2, 0) is 4.74 Å². The average Bonchev–Trinajstić information content (AvgIpc) is 2.41. The van der Waals surface area contributed by atoms with Crippen molar-refractivity contribution in [2.24, 2.45) is 0 Å². The van der Waals surface area contributed by atoms with Gasteiger partial charge >= 0.3 is 6.09 Å². The number of aromatic nitrogens is 3. The van der Waals surface area contributed by atoms with Crippen LogP contribution in [0.5, 0.6) is 0 Å². The van der Waals surface area contributed by atoms with E-state index in [0.717, 1.165) is 5.52 Å². The standard InChI is InChI=1S/C14H19N5O2/c1-14(2,3)21-13(20)18-9-7-16-11-5-4-10-12(19-11)17-8-6-15-10/h4-6,8H,7,9H2,1-3H3,(H,18,20)(H,16,17,19). The van der Waals surface area contributed by atoms with Crippen LogP contribution < -0.4 is 10.6 Å². The van der Waals surface area contributed by atoms with Crippen LogP contribution in [-0.4, -0.2) is 39.7 Å². The summed E-state index contributed by atoms with van der Waals surface area (Å²) in [7, 11) is 0. The minimum Gasteiger partial charge on any atom is -0.444 e. The fraction of sp³-hybridized carbons (Fsp3) is 0.429. The van der Waals surface area contributed by atoms with Crippen LogP contribution in [0.3, 0.4) is 0 Å². The molecule has 0 aliphatic heterocycles. The van der Waals surface area contributed by atoms with Crippen LogP contribution >= 0.6 is 0 Å². The molecule has 2 N–H and O–H groups in total. The van der Waals surface area contributed by atoms with E-state index in [2.05, 4.69) is 25.6 Å². The van der Waals surface area contributed by atoms with E-state index < -0.39 is 11.7 Å². The molecule has 0 aliphatic rings. The summed E-state index contributed by atoms with van der Waals surface area (Å²) in [4.78, 5) is 24.1. The number of ether oxygens (including phenoxy) is 1. The minimum atomic E-state index is -0.490. The number of hydrogen-bond donors (Lipinski definition) is 2. The van der Waals surface area contributed by atoms with Gasteiger partial charge in [-0.3, -0.25) is 4.98 Å². The lowest BCUT2D eigenvalue weighted by Gasteiger charge is -2.19. The number of hydrogen-bond acceptors (Lipinski definition) is 6. The Morgan fingerprint density at radius 3 is 2.71 bits per heavy atom. The Balaban J connectivity index is 1.79. The molecular formula is C14H19N5O2. The topological polar surface area (TPSA) is 89.0 Å². The number of anilines is 1. The fourth-order valence-corrected chi connectivity index (χ4v) is 1.62. The van der Waals surface area contributed by atoms with Gasteiger partial charge in [-0.1, -0.05) is 0 Å². The van der Waals surface area contributed by atoms with Gasteiger partial charge in [-0.15, -0.1) is 0 Å². The van der Waals surface area contributed by atoms with Gasteiger partial charge in [0.25, 0.3) is 0 Å². The highest BCUT2D eigenvalue weighted by molar-refractivity contribution is 5.71. The Hall–Kier alpha value is -2.44. The number of carbonyl (C=O) groups is 1. The summed E-state index contributed by atoms with van der Waals surface area (Å²) in [5, 5.41) is 5.77. The van der Waals surface area contributed by atoms with Crippen molar-refractivity contribution in [2.45, 2.75) is 26.4 Å². The van der Waals surface area contributed by atoms with Gasteiger partial charge in [-0.2, -0.15) is 0 Å². The molecule has 0 fully saturated rings. The summed E-state index contributed by atoms with van der Waals surface area (Å²) in [5.41, 5.74) is 0.841. The zero-order chi connectivity index (χ0) is 15.3. The predicted octanol–water partition coefficient (Wildman–Crippen LogP) is 1.96. The van der Waals surface area contributed by atoms with Gasteiger partial charge in [0.05, 0.1) is 0 Å². The summed E-state index contributed by atoms with van der Waals surface area (Å²) >= 11 is 0. The number of alkyl carbamates (subject to hydrolysis) is 1. The number of pyridine rings is 1. The first kappa shape index (κ1) is 15.0. The molecule has 21 heavy (non-hydrogen) atoms. The minimum absolute atomic E-state index is 0.429. The summed E-state index contributed by atoms with van der Waals surface area (Å²) < 4.78 is 5.14. The van der Waals surface area contributed by atoms with Gasteiger partial charge in [0.2, 0.25) is 0 Å². The van der Waals surface area contributed by atoms with Gasteiger partial charge < -0.3 is 15.4 Å². The predicted molar refractivity (Wildman–Crippen MR) is 80.1 cm³/mol. The molecule has 2 rings (SSSR count). The van der Waals surface area contributed by atoms with Crippen molar-refractivity contribution in [3.05, 3.63) is 24.5 Å². The van der Waals surface area contributed by atoms with Crippen molar-refractivity contribution in [3.63, 3.8) is 0 Å². The second kappa shape index (κ2) is 6.34. The Morgan fingerprint density at radius 1 is 1.19 bits per heavy atom. The lowest BCUT2D eigenvalue weighted by molar-refractivity contribution is 0.0530. The van der Waals surface area contributed by atoms with Crippen molar-refractivity contribution in [3.8, 4) is 0 Å². The zero-order valence-corrected chi connectivity index (χ0v) is 12.4. The van der Waals surface area contributed by atoms with E-state index in [1.165, 1.54) is 0 Å². The normalized spacial score (nSPS) is 11.2. The third kappa shape index (κ3) is 4.87. The maximum absolute atomic E-state index is 11.4. The van der Waals surface area contributed by atoms with E-state index in [0.29, 0.717) is 24.6 Å². The van der Waals surface area contributed by atoms with Crippen LogP contribution in [0.4, 0.5) is 10.6 Å². The van der Waals surface area contributed by atoms with E-state index in [1.807, 2.05) is 32.9 Å². The van der Waals surface area contributed by atoms with Crippen molar-refractivity contribution in [2.75, 3.05) is 18.4 Å². The van der Waals surface area contributed by atoms with Crippen LogP contribution in [0, 0.1) is 0 Å². The van der Waals surface area contributed by atoms with Gasteiger partial charge in [0, 0.05) is 25.5 Å². The number of carbonyl (C=O) groups excluding carboxylic acids is 1. The SMILES string of the molecule is CC(C)(C)OC(=O)NCCNc1ccc2nccnc2n1. The Bertz CT molecular complexity index is 624. The number of nitrogens with zero attached hydrogens (tertiary/aromatic N) is 3. The van der Waals surface area contributed by atoms with Crippen molar-refractivity contribution in [1.82, 2.24) is 20.3 Å². The third-order valence-electron chi connectivity index (χ3n) is 2.43. The highest BCUT2D eigenvalue weighted by atomic mass is 16.6. The highest BCUT2D eigenvalue weighted by Gasteiger charge is 2.15. The highest BCUT2D eigenvalue weighted by Crippen LogP contribution is 2.09. The molecule has 1 amide bonds. The zero-order valence-electron chi connectivity index (χ0n) is 12.4. The molecule has 0 atom stereocenters. The molecule has 0 saturated carbocycles. The third-order valence-corrected chi connectivity index (χ3v) is 2.43. The van der Waals surface area contributed by atoms with Gasteiger partial charge in [-0.25, -0.2) is 14.8 Å². The molecule has 0 spiro atoms. The van der Waals surface area contributed by atoms with Crippen LogP contribution in [0.15, 0.2) is 24.5 Å². The second-order valence-electron chi connectivity index (χ2n) is 5.45. The molecule has 7 heteroatoms. The molecule has 0 saturated heterocycles. The lowest BCUT2D eigenvalue weighted by atomic mass is 10.2. The molecule has 2 heterocycles. The summed E-state index contributed by atoms with van der Waals surface area (Å²) in [6.45, 7) is 6.45. The van der Waals surface area contributed by atoms with E-state index >= 15 is 0 Å². The first-order valence-electron chi connectivity index (χ1n) is 6.72. The monoisotopic (exact) mass is 289 g/mol. The fourth-order valence-electron chi connectivity index (χ4n) is 1.62. The molecule has 112 valence electrons. The number of amides is 1. The quantitative estimate of drug-likeness (QED) is 0.836. The first-order chi connectivity index (χ1) is 9.94. The van der Waals surface area contributed by atoms with Crippen LogP contribution in [0.1, 0.15) is 20.8 Å². The average molecular weight is 289 g/mol. The maximum Gasteiger partial charge on any atom is 0.407 e. The lowest BCUT2D eigenvalue weighted by Crippen LogP contribution is -2.35. The molecule has 2 aromatic heterocycles. The molecule has 0 unspecified atom stereocenters. The Morgan fingerprint density at radius 2 is 1.95 bits per heavy atom. The first-order valence-corrected chi connectivity index (χ1v) is 6.72. The van der Waals surface area contributed by atoms with E-state index in [9.17, 15) is 4.79 Å². The number of nitrogens with one attached hydrogen (secondary N) is 2. The molecular weight excluding hydrogens is 270 g/mol. The van der Waals surface area contributed by atoms with Crippen LogP contribution in [0.25, 0.3) is 11.2 Å². The van der Waals surface area contributed by atoms with Crippen molar-refractivity contribution < 1.29 is 9.53 Å². The number of rotatable bonds is 4. The van der Waals surface area contributed by atoms with Gasteiger partial charge in [0.15, 0.2) is 5.65 Å². The van der Waals surface area contributed by atoms with E-state index in [4.69, 9.17) is 4.74 Å². The molecule has 0 aromatic carbocycles. The van der Waals surface area contributed by atoms with E-state index in [-0.39, 0.29) is 0 Å². The van der Waals surface area contributed by atoms with Gasteiger partial charge in [-0.05, 0) is 32.9 Å². The molecule has 0 bridgehead atoms. The summed E-state index contributed by atoms with van der Waals surface area (Å²) in [5.74, 6) is 0.689. The molecule has 2 aromatic rings. The smallest absolute Gasteiger partial charge is 0.407 e. The molecule has 0 radical (unpaired) electrons. The number of fused-ring (bicyclic) bond motifs is 1. The second-order valence-corrected chi connectivity index (χ2v) is 5.45. The maximum atomic E-state index is 11.4. The van der Waals surface area contributed by atoms with Crippen molar-refractivity contribution in [1.29, 1.82) is 0 Å². The Kier molecular flexibility index (Phi) is 4.52. The molecule has 7 nitrogen and oxygen atoms in total. The van der Waals surface area contributed by atoms with E-state index in [1.54, 1.807) is 12.4 Å². The van der Waals surface area contributed by atoms with Crippen molar-refractivity contribution >= 4 is 23.1 Å².